The predicted octanol–water partition coefficient (Wildman–Crippen LogP) is 0.102. The third kappa shape index (κ3) is 3.63. The third-order valence-corrected chi connectivity index (χ3v) is 3.07. The molecule has 6 heteroatoms. The van der Waals surface area contributed by atoms with Gasteiger partial charge in [0.25, 0.3) is 0 Å². The van der Waals surface area contributed by atoms with Crippen molar-refractivity contribution in [2.45, 2.75) is 24.8 Å². The molecule has 0 amide bonds. The molecule has 4 N–H and O–H groups in total. The number of aromatic nitrogens is 2. The average molecular weight is 252 g/mol. The zero-order chi connectivity index (χ0) is 12.8. The highest BCUT2D eigenvalue weighted by Gasteiger charge is 2.28. The second-order valence-corrected chi connectivity index (χ2v) is 4.52. The first-order valence-electron chi connectivity index (χ1n) is 6.29. The molecule has 1 fully saturated rings. The zero-order valence-corrected chi connectivity index (χ0v) is 10.4. The van der Waals surface area contributed by atoms with Gasteiger partial charge in [-0.05, 0) is 12.8 Å². The van der Waals surface area contributed by atoms with Crippen molar-refractivity contribution in [2.75, 3.05) is 31.7 Å². The van der Waals surface area contributed by atoms with Crippen LogP contribution < -0.4 is 11.1 Å². The molecular weight excluding hydrogens is 232 g/mol. The van der Waals surface area contributed by atoms with Gasteiger partial charge < -0.3 is 20.9 Å². The number of hydrogen-bond donors (Lipinski definition) is 3. The van der Waals surface area contributed by atoms with Gasteiger partial charge in [0.1, 0.15) is 12.1 Å². The SMILES string of the molecule is NC1CC(c2cc(NCCOCCO)ncn2)C1. The summed E-state index contributed by atoms with van der Waals surface area (Å²) in [4.78, 5) is 8.44. The van der Waals surface area contributed by atoms with Crippen LogP contribution in [-0.4, -0.2) is 47.5 Å². The molecule has 1 aliphatic rings. The Bertz CT molecular complexity index is 369. The summed E-state index contributed by atoms with van der Waals surface area (Å²) >= 11 is 0. The minimum atomic E-state index is 0.0551. The highest BCUT2D eigenvalue weighted by atomic mass is 16.5. The monoisotopic (exact) mass is 252 g/mol. The smallest absolute Gasteiger partial charge is 0.129 e. The van der Waals surface area contributed by atoms with E-state index in [1.165, 1.54) is 0 Å². The molecule has 1 aromatic heterocycles. The summed E-state index contributed by atoms with van der Waals surface area (Å²) in [5, 5.41) is 11.7. The minimum Gasteiger partial charge on any atom is -0.394 e. The molecule has 1 heterocycles. The van der Waals surface area contributed by atoms with Crippen molar-refractivity contribution in [3.05, 3.63) is 18.1 Å². The molecule has 1 aliphatic carbocycles. The van der Waals surface area contributed by atoms with Crippen LogP contribution in [0.5, 0.6) is 0 Å². The van der Waals surface area contributed by atoms with Crippen LogP contribution >= 0.6 is 0 Å². The maximum Gasteiger partial charge on any atom is 0.129 e. The van der Waals surface area contributed by atoms with E-state index >= 15 is 0 Å². The second-order valence-electron chi connectivity index (χ2n) is 4.52. The summed E-state index contributed by atoms with van der Waals surface area (Å²) in [7, 11) is 0. The molecule has 6 nitrogen and oxygen atoms in total. The fourth-order valence-corrected chi connectivity index (χ4v) is 2.01. The maximum absolute atomic E-state index is 8.56. The molecule has 1 saturated carbocycles. The number of nitrogens with two attached hydrogens (primary N) is 1. The van der Waals surface area contributed by atoms with E-state index in [-0.39, 0.29) is 6.61 Å². The highest BCUT2D eigenvalue weighted by molar-refractivity contribution is 5.36. The van der Waals surface area contributed by atoms with E-state index in [2.05, 4.69) is 15.3 Å². The molecule has 2 rings (SSSR count). The van der Waals surface area contributed by atoms with Crippen LogP contribution in [0.4, 0.5) is 5.82 Å². The molecule has 18 heavy (non-hydrogen) atoms. The molecule has 0 saturated heterocycles. The third-order valence-electron chi connectivity index (χ3n) is 3.07. The Labute approximate surface area is 107 Å². The first kappa shape index (κ1) is 13.2. The van der Waals surface area contributed by atoms with Gasteiger partial charge in [-0.3, -0.25) is 0 Å². The van der Waals surface area contributed by atoms with E-state index in [1.54, 1.807) is 6.33 Å². The standard InChI is InChI=1S/C12H20N4O2/c13-10-5-9(6-10)11-7-12(16-8-15-11)14-1-3-18-4-2-17/h7-10,17H,1-6,13H2,(H,14,15,16). The Morgan fingerprint density at radius 1 is 1.39 bits per heavy atom. The van der Waals surface area contributed by atoms with Crippen LogP contribution in [-0.2, 0) is 4.74 Å². The summed E-state index contributed by atoms with van der Waals surface area (Å²) in [5.41, 5.74) is 6.84. The van der Waals surface area contributed by atoms with Crippen LogP contribution in [0.25, 0.3) is 0 Å². The van der Waals surface area contributed by atoms with E-state index in [4.69, 9.17) is 15.6 Å². The van der Waals surface area contributed by atoms with Crippen LogP contribution in [0.3, 0.4) is 0 Å². The van der Waals surface area contributed by atoms with Crippen LogP contribution in [0.15, 0.2) is 12.4 Å². The van der Waals surface area contributed by atoms with Gasteiger partial charge in [-0.15, -0.1) is 0 Å². The van der Waals surface area contributed by atoms with E-state index < -0.39 is 0 Å². The van der Waals surface area contributed by atoms with Gasteiger partial charge in [0.2, 0.25) is 0 Å². The van der Waals surface area contributed by atoms with Crippen LogP contribution in [0.1, 0.15) is 24.5 Å². The van der Waals surface area contributed by atoms with Crippen LogP contribution in [0, 0.1) is 0 Å². The Hall–Kier alpha value is -1.24. The Kier molecular flexibility index (Phi) is 4.86. The summed E-state index contributed by atoms with van der Waals surface area (Å²) in [5.74, 6) is 1.29. The second kappa shape index (κ2) is 6.63. The van der Waals surface area contributed by atoms with E-state index in [0.717, 1.165) is 24.4 Å². The zero-order valence-electron chi connectivity index (χ0n) is 10.4. The fraction of sp³-hybridized carbons (Fsp3) is 0.667. The lowest BCUT2D eigenvalue weighted by Gasteiger charge is -2.31. The van der Waals surface area contributed by atoms with Crippen molar-refractivity contribution >= 4 is 5.82 Å². The Morgan fingerprint density at radius 3 is 2.94 bits per heavy atom. The first-order chi connectivity index (χ1) is 8.79. The number of hydrogen-bond acceptors (Lipinski definition) is 6. The van der Waals surface area contributed by atoms with Gasteiger partial charge in [-0.1, -0.05) is 0 Å². The lowest BCUT2D eigenvalue weighted by Crippen LogP contribution is -2.35. The van der Waals surface area contributed by atoms with Crippen molar-refractivity contribution in [2.24, 2.45) is 5.73 Å². The van der Waals surface area contributed by atoms with Gasteiger partial charge in [0.15, 0.2) is 0 Å². The quantitative estimate of drug-likeness (QED) is 0.596. The highest BCUT2D eigenvalue weighted by Crippen LogP contribution is 2.34. The van der Waals surface area contributed by atoms with E-state index in [0.29, 0.717) is 31.7 Å². The molecule has 0 bridgehead atoms. The number of nitrogens with one attached hydrogen (secondary N) is 1. The lowest BCUT2D eigenvalue weighted by molar-refractivity contribution is 0.0992. The number of aliphatic hydroxyl groups excluding tert-OH is 1. The number of aliphatic hydroxyl groups is 1. The Morgan fingerprint density at radius 2 is 2.22 bits per heavy atom. The van der Waals surface area contributed by atoms with Crippen molar-refractivity contribution in [3.8, 4) is 0 Å². The van der Waals surface area contributed by atoms with E-state index in [1.807, 2.05) is 6.07 Å². The molecule has 0 aromatic carbocycles. The summed E-state index contributed by atoms with van der Waals surface area (Å²) in [6.45, 7) is 1.64. The van der Waals surface area contributed by atoms with Gasteiger partial charge in [0, 0.05) is 30.3 Å². The fourth-order valence-electron chi connectivity index (χ4n) is 2.01. The number of anilines is 1. The molecule has 0 aliphatic heterocycles. The van der Waals surface area contributed by atoms with Crippen molar-refractivity contribution in [3.63, 3.8) is 0 Å². The molecular formula is C12H20N4O2. The van der Waals surface area contributed by atoms with Crippen molar-refractivity contribution in [1.82, 2.24) is 9.97 Å². The lowest BCUT2D eigenvalue weighted by atomic mass is 9.79. The van der Waals surface area contributed by atoms with E-state index in [9.17, 15) is 0 Å². The average Bonchev–Trinajstić information content (AvgIpc) is 2.35. The van der Waals surface area contributed by atoms with Crippen molar-refractivity contribution < 1.29 is 9.84 Å². The van der Waals surface area contributed by atoms with Crippen LogP contribution in [0.2, 0.25) is 0 Å². The largest absolute Gasteiger partial charge is 0.394 e. The molecule has 1 aromatic rings. The Balaban J connectivity index is 1.76. The predicted molar refractivity (Wildman–Crippen MR) is 68.4 cm³/mol. The van der Waals surface area contributed by atoms with Gasteiger partial charge in [-0.25, -0.2) is 9.97 Å². The molecule has 0 unspecified atom stereocenters. The molecule has 0 atom stereocenters. The summed E-state index contributed by atoms with van der Waals surface area (Å²) < 4.78 is 5.16. The maximum atomic E-state index is 8.56. The summed E-state index contributed by atoms with van der Waals surface area (Å²) in [6, 6.07) is 2.30. The number of ether oxygens (including phenoxy) is 1. The van der Waals surface area contributed by atoms with Gasteiger partial charge in [0.05, 0.1) is 19.8 Å². The first-order valence-corrected chi connectivity index (χ1v) is 6.29. The number of nitrogens with zero attached hydrogens (tertiary/aromatic N) is 2. The minimum absolute atomic E-state index is 0.0551. The van der Waals surface area contributed by atoms with Gasteiger partial charge in [-0.2, -0.15) is 0 Å². The van der Waals surface area contributed by atoms with Crippen molar-refractivity contribution in [1.29, 1.82) is 0 Å². The normalized spacial score (nSPS) is 22.6. The van der Waals surface area contributed by atoms with Gasteiger partial charge >= 0.3 is 0 Å². The number of rotatable bonds is 7. The molecule has 0 radical (unpaired) electrons. The molecule has 0 spiro atoms. The summed E-state index contributed by atoms with van der Waals surface area (Å²) in [6.07, 6.45) is 3.60. The molecule has 100 valence electrons. The topological polar surface area (TPSA) is 93.3 Å².